The molecule has 0 amide bonds. The topological polar surface area (TPSA) is 9.23 Å². The van der Waals surface area contributed by atoms with Crippen LogP contribution in [0.5, 0.6) is 5.75 Å². The van der Waals surface area contributed by atoms with Gasteiger partial charge in [-0.25, -0.2) is 0 Å². The molecule has 2 aromatic carbocycles. The van der Waals surface area contributed by atoms with Crippen LogP contribution in [0.4, 0.5) is 0 Å². The Morgan fingerprint density at radius 3 is 2.29 bits per heavy atom. The zero-order valence-corrected chi connectivity index (χ0v) is 12.2. The zero-order valence-electron chi connectivity index (χ0n) is 10.0. The lowest BCUT2D eigenvalue weighted by Crippen LogP contribution is -1.96. The van der Waals surface area contributed by atoms with Crippen molar-refractivity contribution in [1.82, 2.24) is 0 Å². The molecule has 17 heavy (non-hydrogen) atoms. The maximum atomic E-state index is 5.77. The van der Waals surface area contributed by atoms with Crippen LogP contribution in [0.2, 0.25) is 0 Å². The highest BCUT2D eigenvalue weighted by molar-refractivity contribution is 14.1. The average Bonchev–Trinajstić information content (AvgIpc) is 2.33. The maximum absolute atomic E-state index is 5.77. The van der Waals surface area contributed by atoms with Crippen LogP contribution in [-0.4, -0.2) is 0 Å². The molecule has 0 aromatic heterocycles. The minimum Gasteiger partial charge on any atom is -0.489 e. The first-order valence-electron chi connectivity index (χ1n) is 5.59. The largest absolute Gasteiger partial charge is 0.489 e. The number of hydrogen-bond acceptors (Lipinski definition) is 1. The minimum atomic E-state index is 0.624. The summed E-state index contributed by atoms with van der Waals surface area (Å²) in [6.07, 6.45) is 0. The fourth-order valence-electron chi connectivity index (χ4n) is 1.55. The van der Waals surface area contributed by atoms with Crippen molar-refractivity contribution in [3.05, 3.63) is 62.7 Å². The molecule has 0 saturated carbocycles. The lowest BCUT2D eigenvalue weighted by atomic mass is 10.1. The van der Waals surface area contributed by atoms with Crippen LogP contribution >= 0.6 is 22.6 Å². The molecule has 0 radical (unpaired) electrons. The van der Waals surface area contributed by atoms with Crippen LogP contribution in [0, 0.1) is 17.4 Å². The van der Waals surface area contributed by atoms with Crippen LogP contribution in [-0.2, 0) is 6.61 Å². The van der Waals surface area contributed by atoms with E-state index >= 15 is 0 Å². The average molecular weight is 338 g/mol. The molecule has 0 saturated heterocycles. The Kier molecular flexibility index (Phi) is 4.05. The molecule has 0 aliphatic carbocycles. The molecule has 0 aliphatic rings. The number of ether oxygens (including phenoxy) is 1. The highest BCUT2D eigenvalue weighted by Crippen LogP contribution is 2.18. The van der Waals surface area contributed by atoms with Gasteiger partial charge in [-0.1, -0.05) is 18.2 Å². The summed E-state index contributed by atoms with van der Waals surface area (Å²) in [5, 5.41) is 0. The molecule has 1 nitrogen and oxygen atoms in total. The predicted octanol–water partition coefficient (Wildman–Crippen LogP) is 4.49. The first kappa shape index (κ1) is 12.4. The molecule has 0 atom stereocenters. The van der Waals surface area contributed by atoms with E-state index in [0.717, 1.165) is 5.75 Å². The number of aryl methyl sites for hydroxylation is 2. The molecule has 0 spiro atoms. The Bertz CT molecular complexity index is 503. The summed E-state index contributed by atoms with van der Waals surface area (Å²) >= 11 is 2.30. The van der Waals surface area contributed by atoms with Gasteiger partial charge in [0.25, 0.3) is 0 Å². The third-order valence-electron chi connectivity index (χ3n) is 2.80. The molecular formula is C15H15IO. The third kappa shape index (κ3) is 3.46. The Morgan fingerprint density at radius 2 is 1.65 bits per heavy atom. The van der Waals surface area contributed by atoms with Gasteiger partial charge in [0.15, 0.2) is 0 Å². The molecule has 2 rings (SSSR count). The van der Waals surface area contributed by atoms with Crippen LogP contribution in [0.25, 0.3) is 0 Å². The van der Waals surface area contributed by atoms with Crippen molar-refractivity contribution < 1.29 is 4.74 Å². The highest BCUT2D eigenvalue weighted by Gasteiger charge is 1.98. The normalized spacial score (nSPS) is 10.3. The predicted molar refractivity (Wildman–Crippen MR) is 79.4 cm³/mol. The molecule has 0 N–H and O–H groups in total. The van der Waals surface area contributed by atoms with Crippen LogP contribution < -0.4 is 4.74 Å². The highest BCUT2D eigenvalue weighted by atomic mass is 127. The first-order valence-corrected chi connectivity index (χ1v) is 6.67. The van der Waals surface area contributed by atoms with E-state index in [-0.39, 0.29) is 0 Å². The molecule has 88 valence electrons. The van der Waals surface area contributed by atoms with Gasteiger partial charge >= 0.3 is 0 Å². The van der Waals surface area contributed by atoms with E-state index in [1.54, 1.807) is 0 Å². The molecule has 2 heteroatoms. The van der Waals surface area contributed by atoms with Crippen molar-refractivity contribution in [2.45, 2.75) is 20.5 Å². The van der Waals surface area contributed by atoms with Crippen LogP contribution in [0.3, 0.4) is 0 Å². The minimum absolute atomic E-state index is 0.624. The summed E-state index contributed by atoms with van der Waals surface area (Å²) in [4.78, 5) is 0. The number of halogens is 1. The van der Waals surface area contributed by atoms with Crippen molar-refractivity contribution in [3.63, 3.8) is 0 Å². The van der Waals surface area contributed by atoms with Crippen molar-refractivity contribution in [2.75, 3.05) is 0 Å². The van der Waals surface area contributed by atoms with Gasteiger partial charge in [0.05, 0.1) is 0 Å². The maximum Gasteiger partial charge on any atom is 0.120 e. The Balaban J connectivity index is 2.02. The van der Waals surface area contributed by atoms with E-state index in [1.165, 1.54) is 20.3 Å². The third-order valence-corrected chi connectivity index (χ3v) is 3.52. The van der Waals surface area contributed by atoms with Gasteiger partial charge in [-0.05, 0) is 77.4 Å². The Labute approximate surface area is 116 Å². The van der Waals surface area contributed by atoms with Crippen LogP contribution in [0.1, 0.15) is 16.7 Å². The fourth-order valence-corrected chi connectivity index (χ4v) is 1.91. The Hall–Kier alpha value is -1.03. The lowest BCUT2D eigenvalue weighted by Gasteiger charge is -2.08. The fraction of sp³-hybridized carbons (Fsp3) is 0.200. The molecule has 0 unspecified atom stereocenters. The van der Waals surface area contributed by atoms with E-state index in [0.29, 0.717) is 6.61 Å². The van der Waals surface area contributed by atoms with Gasteiger partial charge in [0, 0.05) is 3.57 Å². The molecule has 0 bridgehead atoms. The molecule has 0 aliphatic heterocycles. The van der Waals surface area contributed by atoms with Gasteiger partial charge in [0.2, 0.25) is 0 Å². The van der Waals surface area contributed by atoms with Gasteiger partial charge < -0.3 is 4.74 Å². The summed E-state index contributed by atoms with van der Waals surface area (Å²) < 4.78 is 7.01. The van der Waals surface area contributed by atoms with E-state index < -0.39 is 0 Å². The van der Waals surface area contributed by atoms with Crippen molar-refractivity contribution in [1.29, 1.82) is 0 Å². The van der Waals surface area contributed by atoms with Gasteiger partial charge in [0.1, 0.15) is 12.4 Å². The number of hydrogen-bond donors (Lipinski definition) is 0. The SMILES string of the molecule is Cc1ccc(OCc2ccc(I)cc2)cc1C. The van der Waals surface area contributed by atoms with Gasteiger partial charge in [-0.15, -0.1) is 0 Å². The van der Waals surface area contributed by atoms with Gasteiger partial charge in [-0.3, -0.25) is 0 Å². The van der Waals surface area contributed by atoms with Crippen molar-refractivity contribution in [2.24, 2.45) is 0 Å². The second-order valence-electron chi connectivity index (χ2n) is 4.16. The molecule has 2 aromatic rings. The summed E-state index contributed by atoms with van der Waals surface area (Å²) in [6.45, 7) is 4.84. The molecular weight excluding hydrogens is 323 g/mol. The first-order chi connectivity index (χ1) is 8.15. The van der Waals surface area contributed by atoms with Gasteiger partial charge in [-0.2, -0.15) is 0 Å². The zero-order chi connectivity index (χ0) is 12.3. The lowest BCUT2D eigenvalue weighted by molar-refractivity contribution is 0.306. The standard InChI is InChI=1S/C15H15IO/c1-11-3-8-15(9-12(11)2)17-10-13-4-6-14(16)7-5-13/h3-9H,10H2,1-2H3. The second-order valence-corrected chi connectivity index (χ2v) is 5.41. The molecule has 0 fully saturated rings. The van der Waals surface area contributed by atoms with E-state index in [9.17, 15) is 0 Å². The van der Waals surface area contributed by atoms with E-state index in [2.05, 4.69) is 72.8 Å². The van der Waals surface area contributed by atoms with E-state index in [1.807, 2.05) is 6.07 Å². The van der Waals surface area contributed by atoms with E-state index in [4.69, 9.17) is 4.74 Å². The smallest absolute Gasteiger partial charge is 0.120 e. The quantitative estimate of drug-likeness (QED) is 0.750. The number of rotatable bonds is 3. The summed E-state index contributed by atoms with van der Waals surface area (Å²) in [5.41, 5.74) is 3.76. The second kappa shape index (κ2) is 5.54. The summed E-state index contributed by atoms with van der Waals surface area (Å²) in [6, 6.07) is 14.6. The van der Waals surface area contributed by atoms with Crippen LogP contribution in [0.15, 0.2) is 42.5 Å². The Morgan fingerprint density at radius 1 is 0.941 bits per heavy atom. The van der Waals surface area contributed by atoms with Crippen molar-refractivity contribution in [3.8, 4) is 5.75 Å². The monoisotopic (exact) mass is 338 g/mol. The number of benzene rings is 2. The molecule has 0 heterocycles. The summed E-state index contributed by atoms with van der Waals surface area (Å²) in [5.74, 6) is 0.937. The van der Waals surface area contributed by atoms with Crippen molar-refractivity contribution >= 4 is 22.6 Å². The summed E-state index contributed by atoms with van der Waals surface area (Å²) in [7, 11) is 0.